The molecule has 96 valence electrons. The van der Waals surface area contributed by atoms with Gasteiger partial charge in [-0.15, -0.1) is 0 Å². The van der Waals surface area contributed by atoms with E-state index in [1.54, 1.807) is 6.07 Å². The highest BCUT2D eigenvalue weighted by atomic mass is 19.1. The van der Waals surface area contributed by atoms with Gasteiger partial charge in [0.15, 0.2) is 11.6 Å². The fourth-order valence-electron chi connectivity index (χ4n) is 1.82. The van der Waals surface area contributed by atoms with E-state index in [0.29, 0.717) is 11.7 Å². The second-order valence-electron chi connectivity index (χ2n) is 5.04. The first-order valence-corrected chi connectivity index (χ1v) is 6.11. The first-order chi connectivity index (χ1) is 7.90. The number of nitrogens with two attached hydrogens (primary N) is 1. The summed E-state index contributed by atoms with van der Waals surface area (Å²) < 4.78 is 19.3. The number of benzene rings is 1. The molecule has 1 aromatic rings. The smallest absolute Gasteiger partial charge is 0.165 e. The Hall–Kier alpha value is -1.09. The van der Waals surface area contributed by atoms with Gasteiger partial charge in [0.25, 0.3) is 0 Å². The molecular weight excluding hydrogens is 217 g/mol. The molecule has 0 saturated carbocycles. The van der Waals surface area contributed by atoms with E-state index in [9.17, 15) is 4.39 Å². The Morgan fingerprint density at radius 1 is 1.24 bits per heavy atom. The Kier molecular flexibility index (Phi) is 4.94. The van der Waals surface area contributed by atoms with Crippen LogP contribution in [0.15, 0.2) is 18.2 Å². The molecular formula is C14H22FNO. The second-order valence-corrected chi connectivity index (χ2v) is 5.04. The van der Waals surface area contributed by atoms with Crippen LogP contribution in [-0.4, -0.2) is 6.10 Å². The lowest BCUT2D eigenvalue weighted by Gasteiger charge is -2.17. The average Bonchev–Trinajstić information content (AvgIpc) is 2.19. The number of halogens is 1. The van der Waals surface area contributed by atoms with E-state index in [-0.39, 0.29) is 18.0 Å². The zero-order valence-corrected chi connectivity index (χ0v) is 11.0. The van der Waals surface area contributed by atoms with Gasteiger partial charge in [-0.05, 0) is 43.9 Å². The summed E-state index contributed by atoms with van der Waals surface area (Å²) in [6, 6.07) is 4.75. The van der Waals surface area contributed by atoms with Crippen molar-refractivity contribution in [3.05, 3.63) is 29.6 Å². The van der Waals surface area contributed by atoms with Crippen LogP contribution in [0.2, 0.25) is 0 Å². The lowest BCUT2D eigenvalue weighted by molar-refractivity contribution is 0.185. The van der Waals surface area contributed by atoms with Gasteiger partial charge in [0, 0.05) is 6.04 Å². The van der Waals surface area contributed by atoms with Gasteiger partial charge in [-0.25, -0.2) is 4.39 Å². The summed E-state index contributed by atoms with van der Waals surface area (Å²) in [7, 11) is 0. The molecule has 2 nitrogen and oxygen atoms in total. The van der Waals surface area contributed by atoms with Gasteiger partial charge in [-0.2, -0.15) is 0 Å². The standard InChI is InChI=1S/C14H22FNO/c1-9(2)7-10(3)17-14-6-5-12(11(4)16)8-13(14)15/h5-6,8-11H,7,16H2,1-4H3. The summed E-state index contributed by atoms with van der Waals surface area (Å²) in [5, 5.41) is 0. The molecule has 0 aromatic heterocycles. The summed E-state index contributed by atoms with van der Waals surface area (Å²) in [6.45, 7) is 8.03. The number of hydrogen-bond acceptors (Lipinski definition) is 2. The summed E-state index contributed by atoms with van der Waals surface area (Å²) in [4.78, 5) is 0. The van der Waals surface area contributed by atoms with E-state index in [1.807, 2.05) is 19.9 Å². The molecule has 2 unspecified atom stereocenters. The number of rotatable bonds is 5. The van der Waals surface area contributed by atoms with Crippen LogP contribution in [0.25, 0.3) is 0 Å². The van der Waals surface area contributed by atoms with E-state index in [2.05, 4.69) is 13.8 Å². The van der Waals surface area contributed by atoms with Crippen LogP contribution in [0.5, 0.6) is 5.75 Å². The van der Waals surface area contributed by atoms with E-state index < -0.39 is 0 Å². The molecule has 0 heterocycles. The zero-order chi connectivity index (χ0) is 13.0. The molecule has 2 N–H and O–H groups in total. The Bertz CT molecular complexity index is 363. The van der Waals surface area contributed by atoms with Gasteiger partial charge >= 0.3 is 0 Å². The molecule has 0 radical (unpaired) electrons. The van der Waals surface area contributed by atoms with Crippen molar-refractivity contribution in [2.45, 2.75) is 46.3 Å². The fourth-order valence-corrected chi connectivity index (χ4v) is 1.82. The fraction of sp³-hybridized carbons (Fsp3) is 0.571. The molecule has 0 amide bonds. The minimum atomic E-state index is -0.338. The molecule has 0 aliphatic heterocycles. The molecule has 0 aliphatic carbocycles. The van der Waals surface area contributed by atoms with Crippen LogP contribution in [-0.2, 0) is 0 Å². The number of ether oxygens (including phenoxy) is 1. The van der Waals surface area contributed by atoms with Crippen LogP contribution in [0.3, 0.4) is 0 Å². The van der Waals surface area contributed by atoms with E-state index in [0.717, 1.165) is 12.0 Å². The van der Waals surface area contributed by atoms with Crippen molar-refractivity contribution in [1.29, 1.82) is 0 Å². The quantitative estimate of drug-likeness (QED) is 0.851. The van der Waals surface area contributed by atoms with Crippen molar-refractivity contribution in [3.63, 3.8) is 0 Å². The summed E-state index contributed by atoms with van der Waals surface area (Å²) in [5.74, 6) is 0.509. The van der Waals surface area contributed by atoms with Crippen molar-refractivity contribution in [2.75, 3.05) is 0 Å². The lowest BCUT2D eigenvalue weighted by atomic mass is 10.1. The highest BCUT2D eigenvalue weighted by molar-refractivity contribution is 5.30. The first-order valence-electron chi connectivity index (χ1n) is 6.11. The minimum absolute atomic E-state index is 0.0191. The topological polar surface area (TPSA) is 35.2 Å². The minimum Gasteiger partial charge on any atom is -0.488 e. The Morgan fingerprint density at radius 2 is 1.88 bits per heavy atom. The lowest BCUT2D eigenvalue weighted by Crippen LogP contribution is -2.15. The molecule has 0 bridgehead atoms. The summed E-state index contributed by atoms with van der Waals surface area (Å²) >= 11 is 0. The Balaban J connectivity index is 2.72. The van der Waals surface area contributed by atoms with E-state index in [4.69, 9.17) is 10.5 Å². The summed E-state index contributed by atoms with van der Waals surface area (Å²) in [6.07, 6.45) is 0.930. The van der Waals surface area contributed by atoms with Crippen molar-refractivity contribution in [3.8, 4) is 5.75 Å². The van der Waals surface area contributed by atoms with Gasteiger partial charge in [0.05, 0.1) is 6.10 Å². The van der Waals surface area contributed by atoms with Crippen molar-refractivity contribution < 1.29 is 9.13 Å². The monoisotopic (exact) mass is 239 g/mol. The maximum Gasteiger partial charge on any atom is 0.165 e. The molecule has 0 fully saturated rings. The van der Waals surface area contributed by atoms with E-state index >= 15 is 0 Å². The maximum absolute atomic E-state index is 13.7. The van der Waals surface area contributed by atoms with Crippen LogP contribution >= 0.6 is 0 Å². The van der Waals surface area contributed by atoms with Crippen molar-refractivity contribution in [1.82, 2.24) is 0 Å². The highest BCUT2D eigenvalue weighted by Gasteiger charge is 2.11. The van der Waals surface area contributed by atoms with Gasteiger partial charge in [-0.1, -0.05) is 19.9 Å². The van der Waals surface area contributed by atoms with Crippen molar-refractivity contribution >= 4 is 0 Å². The van der Waals surface area contributed by atoms with Crippen LogP contribution < -0.4 is 10.5 Å². The van der Waals surface area contributed by atoms with Crippen LogP contribution in [0.1, 0.15) is 45.7 Å². The summed E-state index contributed by atoms with van der Waals surface area (Å²) in [5.41, 5.74) is 6.48. The number of hydrogen-bond donors (Lipinski definition) is 1. The predicted molar refractivity (Wildman–Crippen MR) is 68.5 cm³/mol. The third-order valence-electron chi connectivity index (χ3n) is 2.61. The third kappa shape index (κ3) is 4.35. The van der Waals surface area contributed by atoms with Gasteiger partial charge < -0.3 is 10.5 Å². The van der Waals surface area contributed by atoms with Gasteiger partial charge in [0.1, 0.15) is 0 Å². The molecule has 0 spiro atoms. The molecule has 1 aromatic carbocycles. The molecule has 0 aliphatic rings. The van der Waals surface area contributed by atoms with Gasteiger partial charge in [-0.3, -0.25) is 0 Å². The third-order valence-corrected chi connectivity index (χ3v) is 2.61. The van der Waals surface area contributed by atoms with Crippen LogP contribution in [0.4, 0.5) is 4.39 Å². The Morgan fingerprint density at radius 3 is 2.35 bits per heavy atom. The molecule has 17 heavy (non-hydrogen) atoms. The SMILES string of the molecule is CC(C)CC(C)Oc1ccc(C(C)N)cc1F. The molecule has 1 rings (SSSR count). The zero-order valence-electron chi connectivity index (χ0n) is 11.0. The Labute approximate surface area is 103 Å². The molecule has 2 atom stereocenters. The largest absolute Gasteiger partial charge is 0.488 e. The van der Waals surface area contributed by atoms with Crippen LogP contribution in [0, 0.1) is 11.7 Å². The highest BCUT2D eigenvalue weighted by Crippen LogP contribution is 2.23. The second kappa shape index (κ2) is 6.01. The normalized spacial score (nSPS) is 14.8. The molecule has 0 saturated heterocycles. The van der Waals surface area contributed by atoms with E-state index in [1.165, 1.54) is 6.07 Å². The maximum atomic E-state index is 13.7. The average molecular weight is 239 g/mol. The first kappa shape index (κ1) is 14.0. The molecule has 3 heteroatoms. The van der Waals surface area contributed by atoms with Crippen molar-refractivity contribution in [2.24, 2.45) is 11.7 Å². The predicted octanol–water partition coefficient (Wildman–Crippen LogP) is 3.66. The van der Waals surface area contributed by atoms with Gasteiger partial charge in [0.2, 0.25) is 0 Å².